The van der Waals surface area contributed by atoms with Crippen LogP contribution in [0.15, 0.2) is 66.9 Å². The predicted octanol–water partition coefficient (Wildman–Crippen LogP) is 4.49. The molecule has 0 aliphatic heterocycles. The number of hydrogen-bond donors (Lipinski definition) is 2. The van der Waals surface area contributed by atoms with Gasteiger partial charge in [-0.3, -0.25) is 4.79 Å². The molecule has 0 saturated heterocycles. The normalized spacial score (nSPS) is 13.5. The van der Waals surface area contributed by atoms with Crippen LogP contribution in [0.2, 0.25) is 0 Å². The molecule has 1 amide bonds. The summed E-state index contributed by atoms with van der Waals surface area (Å²) in [5, 5.41) is 12.2. The third-order valence-corrected chi connectivity index (χ3v) is 5.73. The van der Waals surface area contributed by atoms with Crippen molar-refractivity contribution in [3.05, 3.63) is 83.7 Å². The molecule has 8 heteroatoms. The molecule has 8 nitrogen and oxygen atoms in total. The fourth-order valence-corrected chi connectivity index (χ4v) is 4.37. The Balaban J connectivity index is 1.45. The summed E-state index contributed by atoms with van der Waals surface area (Å²) in [5.41, 5.74) is 3.87. The first-order valence-electron chi connectivity index (χ1n) is 11.4. The van der Waals surface area contributed by atoms with Crippen LogP contribution >= 0.6 is 0 Å². The Labute approximate surface area is 203 Å². The molecule has 0 unspecified atom stereocenters. The van der Waals surface area contributed by atoms with E-state index in [-0.39, 0.29) is 24.8 Å². The van der Waals surface area contributed by atoms with E-state index in [0.29, 0.717) is 0 Å². The Morgan fingerprint density at radius 2 is 1.57 bits per heavy atom. The predicted molar refractivity (Wildman–Crippen MR) is 129 cm³/mol. The Morgan fingerprint density at radius 3 is 2.14 bits per heavy atom. The standard InChI is InChI=1S/C27H28N2O6/c1-27(2,3)35-23(30)15-29-14-8-13-22(29)24(25(31)32)28-26(33)34-16-21-19-11-6-4-9-17(19)18-10-5-7-12-20(18)21/h4-14,21,24H,15-16H2,1-3H3,(H,28,33)(H,31,32)/t24-/m0/s1. The van der Waals surface area contributed by atoms with Crippen LogP contribution in [0.4, 0.5) is 4.79 Å². The highest BCUT2D eigenvalue weighted by atomic mass is 16.6. The number of carbonyl (C=O) groups excluding carboxylic acids is 2. The number of carbonyl (C=O) groups is 3. The van der Waals surface area contributed by atoms with Crippen LogP contribution in [0.1, 0.15) is 49.6 Å². The number of ether oxygens (including phenoxy) is 2. The van der Waals surface area contributed by atoms with Gasteiger partial charge in [0.25, 0.3) is 0 Å². The molecule has 2 aromatic carbocycles. The van der Waals surface area contributed by atoms with Gasteiger partial charge in [0.15, 0.2) is 6.04 Å². The maximum atomic E-state index is 12.7. The van der Waals surface area contributed by atoms with Crippen LogP contribution < -0.4 is 5.32 Å². The topological polar surface area (TPSA) is 107 Å². The molecule has 0 radical (unpaired) electrons. The van der Waals surface area contributed by atoms with Gasteiger partial charge in [0, 0.05) is 12.1 Å². The average molecular weight is 477 g/mol. The minimum absolute atomic E-state index is 0.0606. The number of aromatic nitrogens is 1. The van der Waals surface area contributed by atoms with Gasteiger partial charge in [-0.25, -0.2) is 9.59 Å². The number of carboxylic acids is 1. The first kappa shape index (κ1) is 24.1. The van der Waals surface area contributed by atoms with E-state index in [2.05, 4.69) is 5.32 Å². The molecule has 1 heterocycles. The van der Waals surface area contributed by atoms with E-state index in [1.54, 1.807) is 33.0 Å². The summed E-state index contributed by atoms with van der Waals surface area (Å²) in [6.07, 6.45) is 0.707. The molecule has 3 aromatic rings. The first-order chi connectivity index (χ1) is 16.6. The summed E-state index contributed by atoms with van der Waals surface area (Å²) in [4.78, 5) is 36.9. The van der Waals surface area contributed by atoms with E-state index >= 15 is 0 Å². The largest absolute Gasteiger partial charge is 0.479 e. The smallest absolute Gasteiger partial charge is 0.408 e. The number of fused-ring (bicyclic) bond motifs is 3. The number of carboxylic acid groups (broad SMARTS) is 1. The van der Waals surface area contributed by atoms with Crippen molar-refractivity contribution in [3.8, 4) is 11.1 Å². The summed E-state index contributed by atoms with van der Waals surface area (Å²) in [7, 11) is 0. The summed E-state index contributed by atoms with van der Waals surface area (Å²) in [6.45, 7) is 5.13. The number of alkyl carbamates (subject to hydrolysis) is 1. The molecular formula is C27H28N2O6. The summed E-state index contributed by atoms with van der Waals surface area (Å²) in [6, 6.07) is 17.6. The number of esters is 1. The number of benzene rings is 2. The number of aliphatic carboxylic acids is 1. The Hall–Kier alpha value is -4.07. The maximum Gasteiger partial charge on any atom is 0.408 e. The second kappa shape index (κ2) is 9.66. The van der Waals surface area contributed by atoms with E-state index in [4.69, 9.17) is 9.47 Å². The zero-order chi connectivity index (χ0) is 25.2. The van der Waals surface area contributed by atoms with Crippen LogP contribution in [0.5, 0.6) is 0 Å². The third-order valence-electron chi connectivity index (χ3n) is 5.73. The second-order valence-electron chi connectivity index (χ2n) is 9.39. The van der Waals surface area contributed by atoms with Gasteiger partial charge in [0.05, 0.1) is 5.69 Å². The fraction of sp³-hybridized carbons (Fsp3) is 0.296. The van der Waals surface area contributed by atoms with Gasteiger partial charge in [0.1, 0.15) is 18.8 Å². The molecule has 4 rings (SSSR count). The van der Waals surface area contributed by atoms with Gasteiger partial charge in [-0.1, -0.05) is 48.5 Å². The Kier molecular flexibility index (Phi) is 6.64. The molecule has 182 valence electrons. The summed E-state index contributed by atoms with van der Waals surface area (Å²) in [5.74, 6) is -1.93. The monoisotopic (exact) mass is 476 g/mol. The van der Waals surface area contributed by atoms with E-state index in [9.17, 15) is 19.5 Å². The van der Waals surface area contributed by atoms with Crippen molar-refractivity contribution in [2.75, 3.05) is 6.61 Å². The van der Waals surface area contributed by atoms with Gasteiger partial charge in [-0.05, 0) is 55.2 Å². The van der Waals surface area contributed by atoms with Gasteiger partial charge >= 0.3 is 18.0 Å². The Bertz CT molecular complexity index is 1210. The molecule has 1 aromatic heterocycles. The highest BCUT2D eigenvalue weighted by molar-refractivity contribution is 5.82. The lowest BCUT2D eigenvalue weighted by Gasteiger charge is -2.21. The fourth-order valence-electron chi connectivity index (χ4n) is 4.37. The zero-order valence-electron chi connectivity index (χ0n) is 19.9. The molecule has 0 fully saturated rings. The molecular weight excluding hydrogens is 448 g/mol. The third kappa shape index (κ3) is 5.37. The van der Waals surface area contributed by atoms with Gasteiger partial charge in [0.2, 0.25) is 0 Å². The molecule has 1 aliphatic carbocycles. The average Bonchev–Trinajstić information content (AvgIpc) is 3.37. The number of hydrogen-bond acceptors (Lipinski definition) is 5. The van der Waals surface area contributed by atoms with Gasteiger partial charge in [-0.2, -0.15) is 0 Å². The molecule has 35 heavy (non-hydrogen) atoms. The molecule has 0 spiro atoms. The minimum Gasteiger partial charge on any atom is -0.479 e. The highest BCUT2D eigenvalue weighted by Crippen LogP contribution is 2.44. The quantitative estimate of drug-likeness (QED) is 0.487. The van der Waals surface area contributed by atoms with Crippen molar-refractivity contribution < 1.29 is 29.0 Å². The van der Waals surface area contributed by atoms with Crippen molar-refractivity contribution >= 4 is 18.0 Å². The van der Waals surface area contributed by atoms with Gasteiger partial charge < -0.3 is 24.5 Å². The lowest BCUT2D eigenvalue weighted by molar-refractivity contribution is -0.155. The molecule has 2 N–H and O–H groups in total. The maximum absolute atomic E-state index is 12.7. The first-order valence-corrected chi connectivity index (χ1v) is 11.4. The van der Waals surface area contributed by atoms with Crippen molar-refractivity contribution in [1.82, 2.24) is 9.88 Å². The van der Waals surface area contributed by atoms with E-state index in [1.807, 2.05) is 48.5 Å². The number of nitrogens with zero attached hydrogens (tertiary/aromatic N) is 1. The Morgan fingerprint density at radius 1 is 0.971 bits per heavy atom. The molecule has 1 atom stereocenters. The number of nitrogens with one attached hydrogen (secondary N) is 1. The molecule has 0 saturated carbocycles. The van der Waals surface area contributed by atoms with Crippen LogP contribution in [0.3, 0.4) is 0 Å². The van der Waals surface area contributed by atoms with Crippen molar-refractivity contribution in [2.24, 2.45) is 0 Å². The second-order valence-corrected chi connectivity index (χ2v) is 9.39. The molecule has 0 bridgehead atoms. The van der Waals surface area contributed by atoms with Crippen LogP contribution in [0, 0.1) is 0 Å². The van der Waals surface area contributed by atoms with Crippen LogP contribution in [0.25, 0.3) is 11.1 Å². The zero-order valence-corrected chi connectivity index (χ0v) is 19.9. The van der Waals surface area contributed by atoms with Crippen molar-refractivity contribution in [1.29, 1.82) is 0 Å². The SMILES string of the molecule is CC(C)(C)OC(=O)Cn1cccc1[C@H](NC(=O)OCC1c2ccccc2-c2ccccc21)C(=O)O. The lowest BCUT2D eigenvalue weighted by Crippen LogP contribution is -2.36. The van der Waals surface area contributed by atoms with E-state index in [1.165, 1.54) is 10.6 Å². The number of amides is 1. The van der Waals surface area contributed by atoms with E-state index < -0.39 is 29.7 Å². The number of rotatable bonds is 7. The molecule has 1 aliphatic rings. The van der Waals surface area contributed by atoms with E-state index in [0.717, 1.165) is 22.3 Å². The highest BCUT2D eigenvalue weighted by Gasteiger charge is 2.31. The van der Waals surface area contributed by atoms with Crippen molar-refractivity contribution in [3.63, 3.8) is 0 Å². The van der Waals surface area contributed by atoms with Crippen molar-refractivity contribution in [2.45, 2.75) is 44.9 Å². The minimum atomic E-state index is -1.40. The summed E-state index contributed by atoms with van der Waals surface area (Å²) < 4.78 is 12.3. The van der Waals surface area contributed by atoms with Gasteiger partial charge in [-0.15, -0.1) is 0 Å². The lowest BCUT2D eigenvalue weighted by atomic mass is 9.98. The van der Waals surface area contributed by atoms with Crippen LogP contribution in [-0.4, -0.2) is 39.9 Å². The summed E-state index contributed by atoms with van der Waals surface area (Å²) >= 11 is 0. The van der Waals surface area contributed by atoms with Crippen LogP contribution in [-0.2, 0) is 25.6 Å².